The molecule has 2 unspecified atom stereocenters. The van der Waals surface area contributed by atoms with Crippen molar-refractivity contribution in [2.24, 2.45) is 5.92 Å². The molecule has 1 heterocycles. The molecule has 0 amide bonds. The number of hydrogen-bond acceptors (Lipinski definition) is 2. The van der Waals surface area contributed by atoms with Crippen LogP contribution in [0.3, 0.4) is 0 Å². The minimum atomic E-state index is 0.355. The molecule has 1 aliphatic heterocycles. The zero-order valence-corrected chi connectivity index (χ0v) is 10.1. The molecule has 2 heteroatoms. The van der Waals surface area contributed by atoms with E-state index in [9.17, 15) is 0 Å². The molecular formula is C13H24N2. The van der Waals surface area contributed by atoms with Gasteiger partial charge >= 0.3 is 0 Å². The van der Waals surface area contributed by atoms with Crippen LogP contribution in [-0.4, -0.2) is 36.1 Å². The van der Waals surface area contributed by atoms with Crippen molar-refractivity contribution in [1.29, 1.82) is 0 Å². The Hall–Kier alpha value is -0.340. The van der Waals surface area contributed by atoms with Crippen LogP contribution in [0.5, 0.6) is 0 Å². The maximum atomic E-state index is 3.87. The summed E-state index contributed by atoms with van der Waals surface area (Å²) in [6, 6.07) is 0.691. The molecule has 2 rings (SSSR count). The van der Waals surface area contributed by atoms with Crippen LogP contribution >= 0.6 is 0 Å². The van der Waals surface area contributed by atoms with Crippen molar-refractivity contribution >= 4 is 0 Å². The highest BCUT2D eigenvalue weighted by atomic mass is 15.2. The molecule has 0 spiro atoms. The van der Waals surface area contributed by atoms with Gasteiger partial charge in [-0.3, -0.25) is 4.90 Å². The van der Waals surface area contributed by atoms with Crippen molar-refractivity contribution in [3.8, 4) is 0 Å². The van der Waals surface area contributed by atoms with Crippen molar-refractivity contribution in [2.45, 2.75) is 44.7 Å². The second kappa shape index (κ2) is 4.26. The van der Waals surface area contributed by atoms with Gasteiger partial charge in [-0.15, -0.1) is 6.58 Å². The summed E-state index contributed by atoms with van der Waals surface area (Å²) in [5, 5.41) is 3.76. The highest BCUT2D eigenvalue weighted by Gasteiger charge is 2.43. The van der Waals surface area contributed by atoms with E-state index in [-0.39, 0.29) is 0 Å². The number of nitrogens with one attached hydrogen (secondary N) is 1. The lowest BCUT2D eigenvalue weighted by Crippen LogP contribution is -2.51. The van der Waals surface area contributed by atoms with Gasteiger partial charge in [-0.25, -0.2) is 0 Å². The maximum Gasteiger partial charge on any atom is 0.0308 e. The molecular weight excluding hydrogens is 184 g/mol. The summed E-state index contributed by atoms with van der Waals surface area (Å²) in [5.41, 5.74) is 0.355. The number of hydrogen-bond donors (Lipinski definition) is 1. The SMILES string of the molecule is C=CCN1CC(C)(C2CC2)NCCC1C. The van der Waals surface area contributed by atoms with Gasteiger partial charge in [0.15, 0.2) is 0 Å². The van der Waals surface area contributed by atoms with Crippen LogP contribution in [-0.2, 0) is 0 Å². The first-order valence-corrected chi connectivity index (χ1v) is 6.26. The van der Waals surface area contributed by atoms with Crippen LogP contribution in [0.2, 0.25) is 0 Å². The zero-order valence-electron chi connectivity index (χ0n) is 10.1. The third kappa shape index (κ3) is 2.43. The highest BCUT2D eigenvalue weighted by molar-refractivity contribution is 5.02. The van der Waals surface area contributed by atoms with E-state index in [4.69, 9.17) is 0 Å². The molecule has 15 heavy (non-hydrogen) atoms. The van der Waals surface area contributed by atoms with E-state index in [0.717, 1.165) is 12.5 Å². The van der Waals surface area contributed by atoms with Gasteiger partial charge < -0.3 is 5.32 Å². The summed E-state index contributed by atoms with van der Waals surface area (Å²) < 4.78 is 0. The molecule has 1 saturated heterocycles. The van der Waals surface area contributed by atoms with E-state index in [1.165, 1.54) is 32.4 Å². The average Bonchev–Trinajstić information content (AvgIpc) is 2.98. The van der Waals surface area contributed by atoms with Crippen LogP contribution in [0.15, 0.2) is 12.7 Å². The van der Waals surface area contributed by atoms with Crippen LogP contribution in [0.4, 0.5) is 0 Å². The van der Waals surface area contributed by atoms with E-state index < -0.39 is 0 Å². The first-order chi connectivity index (χ1) is 7.15. The lowest BCUT2D eigenvalue weighted by atomic mass is 9.95. The first-order valence-electron chi connectivity index (χ1n) is 6.26. The van der Waals surface area contributed by atoms with Gasteiger partial charge in [0.05, 0.1) is 0 Å². The molecule has 0 aromatic rings. The van der Waals surface area contributed by atoms with Crippen LogP contribution in [0, 0.1) is 5.92 Å². The Bertz CT molecular complexity index is 235. The maximum absolute atomic E-state index is 3.87. The molecule has 2 aliphatic rings. The quantitative estimate of drug-likeness (QED) is 0.714. The average molecular weight is 208 g/mol. The standard InChI is InChI=1S/C13H24N2/c1-4-9-15-10-13(3,12-5-6-12)14-8-7-11(15)2/h4,11-12,14H,1,5-10H2,2-3H3. The van der Waals surface area contributed by atoms with Crippen molar-refractivity contribution in [2.75, 3.05) is 19.6 Å². The Kier molecular flexibility index (Phi) is 3.17. The molecule has 86 valence electrons. The van der Waals surface area contributed by atoms with Crippen LogP contribution in [0.1, 0.15) is 33.1 Å². The minimum absolute atomic E-state index is 0.355. The Labute approximate surface area is 93.7 Å². The van der Waals surface area contributed by atoms with Crippen molar-refractivity contribution in [3.63, 3.8) is 0 Å². The van der Waals surface area contributed by atoms with Gasteiger partial charge in [-0.05, 0) is 45.6 Å². The van der Waals surface area contributed by atoms with E-state index in [2.05, 4.69) is 30.6 Å². The third-order valence-corrected chi connectivity index (χ3v) is 4.09. The fourth-order valence-corrected chi connectivity index (χ4v) is 2.79. The summed E-state index contributed by atoms with van der Waals surface area (Å²) in [6.45, 7) is 12.0. The summed E-state index contributed by atoms with van der Waals surface area (Å²) in [6.07, 6.45) is 6.13. The Morgan fingerprint density at radius 3 is 2.80 bits per heavy atom. The van der Waals surface area contributed by atoms with Gasteiger partial charge in [0.1, 0.15) is 0 Å². The molecule has 0 aromatic heterocycles. The van der Waals surface area contributed by atoms with E-state index in [1.54, 1.807) is 0 Å². The smallest absolute Gasteiger partial charge is 0.0308 e. The lowest BCUT2D eigenvalue weighted by Gasteiger charge is -2.35. The molecule has 2 atom stereocenters. The predicted octanol–water partition coefficient (Wildman–Crippen LogP) is 2.02. The molecule has 0 aromatic carbocycles. The van der Waals surface area contributed by atoms with Gasteiger partial charge in [-0.1, -0.05) is 6.08 Å². The molecule has 2 fully saturated rings. The summed E-state index contributed by atoms with van der Waals surface area (Å²) in [7, 11) is 0. The second-order valence-corrected chi connectivity index (χ2v) is 5.47. The van der Waals surface area contributed by atoms with Gasteiger partial charge in [0, 0.05) is 24.7 Å². The van der Waals surface area contributed by atoms with Crippen molar-refractivity contribution < 1.29 is 0 Å². The van der Waals surface area contributed by atoms with E-state index in [0.29, 0.717) is 11.6 Å². The largest absolute Gasteiger partial charge is 0.310 e. The third-order valence-electron chi connectivity index (χ3n) is 4.09. The van der Waals surface area contributed by atoms with Crippen molar-refractivity contribution in [1.82, 2.24) is 10.2 Å². The van der Waals surface area contributed by atoms with E-state index in [1.807, 2.05) is 6.08 Å². The Morgan fingerprint density at radius 2 is 2.20 bits per heavy atom. The fraction of sp³-hybridized carbons (Fsp3) is 0.846. The summed E-state index contributed by atoms with van der Waals surface area (Å²) in [4.78, 5) is 2.57. The zero-order chi connectivity index (χ0) is 10.9. The fourth-order valence-electron chi connectivity index (χ4n) is 2.79. The summed E-state index contributed by atoms with van der Waals surface area (Å²) >= 11 is 0. The highest BCUT2D eigenvalue weighted by Crippen LogP contribution is 2.40. The molecule has 1 saturated carbocycles. The van der Waals surface area contributed by atoms with Gasteiger partial charge in [0.2, 0.25) is 0 Å². The first kappa shape index (κ1) is 11.2. The predicted molar refractivity (Wildman–Crippen MR) is 65.0 cm³/mol. The van der Waals surface area contributed by atoms with Gasteiger partial charge in [0.25, 0.3) is 0 Å². The van der Waals surface area contributed by atoms with Crippen LogP contribution in [0.25, 0.3) is 0 Å². The number of nitrogens with zero attached hydrogens (tertiary/aromatic N) is 1. The van der Waals surface area contributed by atoms with Crippen molar-refractivity contribution in [3.05, 3.63) is 12.7 Å². The normalized spacial score (nSPS) is 38.7. The Morgan fingerprint density at radius 1 is 1.47 bits per heavy atom. The molecule has 1 N–H and O–H groups in total. The van der Waals surface area contributed by atoms with Crippen LogP contribution < -0.4 is 5.32 Å². The minimum Gasteiger partial charge on any atom is -0.310 e. The molecule has 0 bridgehead atoms. The van der Waals surface area contributed by atoms with Gasteiger partial charge in [-0.2, -0.15) is 0 Å². The molecule has 0 radical (unpaired) electrons. The second-order valence-electron chi connectivity index (χ2n) is 5.47. The van der Waals surface area contributed by atoms with E-state index >= 15 is 0 Å². The molecule has 2 nitrogen and oxygen atoms in total. The topological polar surface area (TPSA) is 15.3 Å². The monoisotopic (exact) mass is 208 g/mol. The summed E-state index contributed by atoms with van der Waals surface area (Å²) in [5.74, 6) is 0.912. The molecule has 1 aliphatic carbocycles. The Balaban J connectivity index is 2.05. The number of rotatable bonds is 3. The lowest BCUT2D eigenvalue weighted by molar-refractivity contribution is 0.178.